The third-order valence-electron chi connectivity index (χ3n) is 31.6. The number of fused-ring (bicyclic) bond motifs is 4. The summed E-state index contributed by atoms with van der Waals surface area (Å²) < 4.78 is 0. The summed E-state index contributed by atoms with van der Waals surface area (Å²) in [5.74, 6) is 17.5. The highest BCUT2D eigenvalue weighted by atomic mass is 16.4. The lowest BCUT2D eigenvalue weighted by Crippen LogP contribution is -2.77. The molecule has 3 aromatic carbocycles. The van der Waals surface area contributed by atoms with E-state index in [4.69, 9.17) is 0 Å². The van der Waals surface area contributed by atoms with Crippen molar-refractivity contribution in [3.8, 4) is 23.7 Å². The summed E-state index contributed by atoms with van der Waals surface area (Å²) >= 11 is 0. The van der Waals surface area contributed by atoms with E-state index in [1.807, 2.05) is 0 Å². The summed E-state index contributed by atoms with van der Waals surface area (Å²) in [5.41, 5.74) is 7.26. The Labute approximate surface area is 557 Å². The number of hydrogen-bond acceptors (Lipinski definition) is 6. The molecule has 19 aliphatic rings. The van der Waals surface area contributed by atoms with E-state index in [1.54, 1.807) is 11.1 Å². The summed E-state index contributed by atoms with van der Waals surface area (Å²) in [6.07, 6.45) is 42.8. The first-order valence-corrected chi connectivity index (χ1v) is 37.4. The van der Waals surface area contributed by atoms with Crippen LogP contribution in [0.2, 0.25) is 0 Å². The van der Waals surface area contributed by atoms with Crippen molar-refractivity contribution < 1.29 is 25.2 Å². The molecule has 7 nitrogen and oxygen atoms in total. The van der Waals surface area contributed by atoms with Crippen molar-refractivity contribution in [1.82, 2.24) is 10.6 Å². The first-order chi connectivity index (χ1) is 45.9. The SMILES string of the molecule is CC12C3CCC45C6C#CCC78C9%10C=CCC7%11CC#CCC7C%12=c%13ccccc%13=CC(C%12=C9)C8(CCC%11O)C(=C(C%10)C41CC(O)C2(C=CC5C1(CCC(Cc2ccccc2)C1)C6)C(C(=O)O)CCC(=CO)C(C1CCCCC1)CCCNC1=CC=C(CN1)c1cccc7c1)C3. The summed E-state index contributed by atoms with van der Waals surface area (Å²) in [6, 6.07) is 30.0. The van der Waals surface area contributed by atoms with Gasteiger partial charge in [-0.25, -0.2) is 0 Å². The highest BCUT2D eigenvalue weighted by Crippen LogP contribution is 2.94. The van der Waals surface area contributed by atoms with Crippen molar-refractivity contribution in [2.24, 2.45) is 96.1 Å². The average molecular weight is 1250 g/mol. The van der Waals surface area contributed by atoms with Gasteiger partial charge in [-0.1, -0.05) is 165 Å². The lowest BCUT2D eigenvalue weighted by atomic mass is 9.21. The maximum Gasteiger partial charge on any atom is 0.307 e. The van der Waals surface area contributed by atoms with Gasteiger partial charge in [-0.3, -0.25) is 4.79 Å². The lowest BCUT2D eigenvalue weighted by molar-refractivity contribution is -0.254. The summed E-state index contributed by atoms with van der Waals surface area (Å²) in [5, 5.41) is 62.9. The molecule has 19 unspecified atom stereocenters. The van der Waals surface area contributed by atoms with Crippen molar-refractivity contribution in [3.05, 3.63) is 183 Å². The normalized spacial score (nSPS) is 44.9. The molecule has 7 heteroatoms. The molecule has 0 saturated heterocycles. The predicted octanol–water partition coefficient (Wildman–Crippen LogP) is 15.0. The predicted molar refractivity (Wildman–Crippen MR) is 371 cm³/mol. The number of allylic oxidation sites excluding steroid dienone is 10. The van der Waals surface area contributed by atoms with Gasteiger partial charge in [0.1, 0.15) is 0 Å². The molecule has 0 amide bonds. The minimum Gasteiger partial charge on any atom is -0.516 e. The Balaban J connectivity index is 0.898. The van der Waals surface area contributed by atoms with Gasteiger partial charge in [0.15, 0.2) is 0 Å². The molecule has 3 aromatic rings. The second-order valence-corrected chi connectivity index (χ2v) is 33.9. The second kappa shape index (κ2) is 20.8. The van der Waals surface area contributed by atoms with Crippen LogP contribution in [0, 0.1) is 120 Å². The van der Waals surface area contributed by atoms with Crippen molar-refractivity contribution in [2.75, 3.05) is 13.1 Å². The fourth-order valence-corrected chi connectivity index (χ4v) is 28.7. The van der Waals surface area contributed by atoms with Crippen LogP contribution in [0.1, 0.15) is 184 Å². The molecule has 15 aliphatic carbocycles. The van der Waals surface area contributed by atoms with E-state index < -0.39 is 62.0 Å². The molecular weight excluding hydrogens is 1150 g/mol. The van der Waals surface area contributed by atoms with Crippen LogP contribution in [0.3, 0.4) is 0 Å². The number of carboxylic acid groups (broad SMARTS) is 1. The zero-order chi connectivity index (χ0) is 63.2. The standard InChI is InChI=1S/C87H96N2O5/c1-79-63-32-40-83-64-23-13-38-87-81-35-15-37-82(87)36-11-10-25-66-59-22-12-21-58(45-59)61-28-30-76(89-53-61)88-43-14-26-65(57-18-6-3-7-19-57)62(54-90)27-29-69(78(93)94)85(79,41-33-73(83)80(49-64)39-31-56(48-80)44-55-16-4-2-5-17-55)75(92)52-86(79,83)72(51-81)71(47-63)84(87,42-34-74(82)91)70-46-60-20-8-9-24-67(60)77(66)68(70)50-81/h2,4-5,8-9,12,15-17,20-22,24,28,30,33,35,41,45-46,50,54,56-57,63-66,69-70,73-75,88-92H,3,6-7,14,18-19,25-27,29,31-32,34,36-40,42-44,47-49,51-53H2,1H3,(H,93,94). The zero-order valence-electron chi connectivity index (χ0n) is 55.3. The maximum absolute atomic E-state index is 15.5. The lowest BCUT2D eigenvalue weighted by Gasteiger charge is -2.81. The quantitative estimate of drug-likeness (QED) is 0.0874. The Morgan fingerprint density at radius 3 is 2.52 bits per heavy atom. The maximum atomic E-state index is 15.5. The summed E-state index contributed by atoms with van der Waals surface area (Å²) in [6.45, 7) is 4.09. The fraction of sp³-hybridized carbons (Fsp3) is 0.552. The van der Waals surface area contributed by atoms with Crippen LogP contribution in [0.5, 0.6) is 0 Å². The van der Waals surface area contributed by atoms with Gasteiger partial charge in [0, 0.05) is 88.0 Å². The minimum absolute atomic E-state index is 0.0292. The van der Waals surface area contributed by atoms with E-state index in [0.717, 1.165) is 108 Å². The Hall–Kier alpha value is -6.51. The molecule has 19 bridgehead atoms. The molecule has 19 atom stereocenters. The molecule has 4 heterocycles. The molecule has 22 rings (SSSR count). The van der Waals surface area contributed by atoms with Crippen molar-refractivity contribution >= 4 is 23.2 Å². The molecule has 484 valence electrons. The van der Waals surface area contributed by atoms with E-state index in [9.17, 15) is 20.4 Å². The Morgan fingerprint density at radius 1 is 0.798 bits per heavy atom. The van der Waals surface area contributed by atoms with Gasteiger partial charge < -0.3 is 31.1 Å². The van der Waals surface area contributed by atoms with Crippen LogP contribution in [0.4, 0.5) is 0 Å². The highest BCUT2D eigenvalue weighted by Gasteiger charge is 2.90. The molecule has 94 heavy (non-hydrogen) atoms. The molecule has 6 saturated carbocycles. The number of benzene rings is 3. The van der Waals surface area contributed by atoms with Gasteiger partial charge in [0.2, 0.25) is 0 Å². The number of hydrogen-bond donors (Lipinski definition) is 6. The molecule has 6 N–H and O–H groups in total. The van der Waals surface area contributed by atoms with E-state index in [2.05, 4.69) is 169 Å². The van der Waals surface area contributed by atoms with Gasteiger partial charge in [0.05, 0.1) is 30.2 Å². The Bertz CT molecular complexity index is 4250. The topological polar surface area (TPSA) is 122 Å². The van der Waals surface area contributed by atoms with E-state index in [1.165, 1.54) is 75.8 Å². The minimum atomic E-state index is -1.11. The van der Waals surface area contributed by atoms with Crippen LogP contribution >= 0.6 is 0 Å². The average Bonchev–Trinajstić information content (AvgIpc) is 1.27. The number of carbonyl (C=O) groups is 1. The number of aliphatic hydroxyl groups is 3. The monoisotopic (exact) mass is 1250 g/mol. The van der Waals surface area contributed by atoms with Crippen LogP contribution in [0.15, 0.2) is 156 Å². The highest BCUT2D eigenvalue weighted by molar-refractivity contribution is 5.81. The van der Waals surface area contributed by atoms with Crippen LogP contribution in [-0.2, 0) is 11.2 Å². The molecule has 0 radical (unpaired) electrons. The van der Waals surface area contributed by atoms with Crippen LogP contribution < -0.4 is 21.1 Å². The van der Waals surface area contributed by atoms with Gasteiger partial charge in [-0.05, 0) is 218 Å². The first kappa shape index (κ1) is 58.8. The Morgan fingerprint density at radius 2 is 1.67 bits per heavy atom. The van der Waals surface area contributed by atoms with Gasteiger partial charge >= 0.3 is 5.97 Å². The summed E-state index contributed by atoms with van der Waals surface area (Å²) in [7, 11) is 0. The van der Waals surface area contributed by atoms with Crippen LogP contribution in [0.25, 0.3) is 17.2 Å². The smallest absolute Gasteiger partial charge is 0.307 e. The molecule has 4 aliphatic heterocycles. The van der Waals surface area contributed by atoms with Gasteiger partial charge in [0.25, 0.3) is 0 Å². The van der Waals surface area contributed by atoms with Crippen molar-refractivity contribution in [3.63, 3.8) is 0 Å². The van der Waals surface area contributed by atoms with Crippen molar-refractivity contribution in [1.29, 1.82) is 0 Å². The summed E-state index contributed by atoms with van der Waals surface area (Å²) in [4.78, 5) is 15.5. The van der Waals surface area contributed by atoms with Crippen LogP contribution in [-0.4, -0.2) is 51.7 Å². The largest absolute Gasteiger partial charge is 0.516 e. The molecule has 5 spiro atoms. The number of aliphatic hydroxyl groups excluding tert-OH is 3. The van der Waals surface area contributed by atoms with E-state index in [-0.39, 0.29) is 46.3 Å². The number of nitrogens with one attached hydrogen (secondary N) is 2. The van der Waals surface area contributed by atoms with E-state index >= 15 is 4.79 Å². The first-order valence-electron chi connectivity index (χ1n) is 37.4. The third kappa shape index (κ3) is 7.13. The van der Waals surface area contributed by atoms with Crippen molar-refractivity contribution in [2.45, 2.75) is 186 Å². The number of dihydropyridines is 1. The van der Waals surface area contributed by atoms with E-state index in [0.29, 0.717) is 63.3 Å². The Kier molecular flexibility index (Phi) is 13.0. The fourth-order valence-electron chi connectivity index (χ4n) is 28.7. The number of rotatable bonds is 4. The molecule has 0 aromatic heterocycles. The zero-order valence-corrected chi connectivity index (χ0v) is 55.3. The van der Waals surface area contributed by atoms with Gasteiger partial charge in [-0.15, -0.1) is 17.8 Å². The number of carboxylic acids is 1. The third-order valence-corrected chi connectivity index (χ3v) is 31.6. The van der Waals surface area contributed by atoms with Gasteiger partial charge in [-0.2, -0.15) is 0 Å². The molecular formula is C87H96N2O5. The second-order valence-electron chi connectivity index (χ2n) is 33.9. The number of aliphatic carboxylic acids is 1. The molecule has 6 fully saturated rings.